The summed E-state index contributed by atoms with van der Waals surface area (Å²) in [6, 6.07) is 9.54. The zero-order chi connectivity index (χ0) is 12.3. The van der Waals surface area contributed by atoms with Gasteiger partial charge in [-0.3, -0.25) is 0 Å². The van der Waals surface area contributed by atoms with Crippen molar-refractivity contribution in [3.63, 3.8) is 0 Å². The summed E-state index contributed by atoms with van der Waals surface area (Å²) in [5.41, 5.74) is 7.80. The zero-order valence-electron chi connectivity index (χ0n) is 9.86. The van der Waals surface area contributed by atoms with Crippen molar-refractivity contribution >= 4 is 17.4 Å². The summed E-state index contributed by atoms with van der Waals surface area (Å²) >= 11 is 5.96. The molecule has 1 heterocycles. The van der Waals surface area contributed by atoms with Crippen molar-refractivity contribution < 1.29 is 0 Å². The number of rotatable bonds is 4. The van der Waals surface area contributed by atoms with Crippen LogP contribution in [0.3, 0.4) is 0 Å². The number of halogens is 1. The average Bonchev–Trinajstić information content (AvgIpc) is 2.68. The molecule has 0 aliphatic carbocycles. The van der Waals surface area contributed by atoms with Crippen LogP contribution >= 0.6 is 11.6 Å². The fraction of sp³-hybridized carbons (Fsp3) is 0.308. The van der Waals surface area contributed by atoms with E-state index in [4.69, 9.17) is 17.3 Å². The van der Waals surface area contributed by atoms with E-state index < -0.39 is 0 Å². The number of hydrogen-bond donors (Lipinski definition) is 1. The minimum atomic E-state index is 0.702. The molecule has 4 heteroatoms. The Morgan fingerprint density at radius 2 is 2.18 bits per heavy atom. The van der Waals surface area contributed by atoms with Crippen LogP contribution in [0.5, 0.6) is 0 Å². The molecular weight excluding hydrogens is 234 g/mol. The maximum absolute atomic E-state index is 5.96. The lowest BCUT2D eigenvalue weighted by Gasteiger charge is -2.01. The molecule has 0 fully saturated rings. The fourth-order valence-electron chi connectivity index (χ4n) is 1.71. The maximum Gasteiger partial charge on any atom is 0.122 e. The van der Waals surface area contributed by atoms with E-state index in [9.17, 15) is 0 Å². The highest BCUT2D eigenvalue weighted by Gasteiger charge is 2.06. The van der Waals surface area contributed by atoms with E-state index in [1.54, 1.807) is 0 Å². The van der Waals surface area contributed by atoms with E-state index in [2.05, 4.69) is 12.0 Å². The van der Waals surface area contributed by atoms with Crippen LogP contribution in [0.15, 0.2) is 30.3 Å². The Morgan fingerprint density at radius 1 is 1.35 bits per heavy atom. The lowest BCUT2D eigenvalue weighted by atomic mass is 10.1. The van der Waals surface area contributed by atoms with Crippen LogP contribution in [0.25, 0.3) is 11.3 Å². The topological polar surface area (TPSA) is 43.8 Å². The van der Waals surface area contributed by atoms with Gasteiger partial charge in [0.1, 0.15) is 5.82 Å². The molecule has 0 aliphatic rings. The largest absolute Gasteiger partial charge is 0.384 e. The molecule has 1 aromatic carbocycles. The van der Waals surface area contributed by atoms with Gasteiger partial charge in [0.15, 0.2) is 0 Å². The first-order valence-corrected chi connectivity index (χ1v) is 6.17. The minimum Gasteiger partial charge on any atom is -0.384 e. The van der Waals surface area contributed by atoms with Crippen LogP contribution in [-0.4, -0.2) is 9.78 Å². The summed E-state index contributed by atoms with van der Waals surface area (Å²) in [7, 11) is 0. The Balaban J connectivity index is 2.28. The lowest BCUT2D eigenvalue weighted by Crippen LogP contribution is -2.04. The Hall–Kier alpha value is -1.48. The number of anilines is 1. The van der Waals surface area contributed by atoms with Gasteiger partial charge in [0.2, 0.25) is 0 Å². The summed E-state index contributed by atoms with van der Waals surface area (Å²) in [6.07, 6.45) is 2.21. The van der Waals surface area contributed by atoms with E-state index in [0.29, 0.717) is 10.8 Å². The summed E-state index contributed by atoms with van der Waals surface area (Å²) in [5, 5.41) is 5.20. The van der Waals surface area contributed by atoms with Gasteiger partial charge in [-0.15, -0.1) is 0 Å². The molecule has 0 saturated carbocycles. The molecule has 0 amide bonds. The summed E-state index contributed by atoms with van der Waals surface area (Å²) in [4.78, 5) is 0. The van der Waals surface area contributed by atoms with Crippen molar-refractivity contribution in [2.45, 2.75) is 26.3 Å². The number of hydrogen-bond acceptors (Lipinski definition) is 2. The van der Waals surface area contributed by atoms with Crippen molar-refractivity contribution in [2.24, 2.45) is 0 Å². The molecule has 3 nitrogen and oxygen atoms in total. The molecule has 0 saturated heterocycles. The molecule has 2 N–H and O–H groups in total. The second kappa shape index (κ2) is 5.23. The van der Waals surface area contributed by atoms with Crippen molar-refractivity contribution in [2.75, 3.05) is 5.73 Å². The van der Waals surface area contributed by atoms with E-state index in [0.717, 1.165) is 30.6 Å². The second-order valence-corrected chi connectivity index (χ2v) is 4.48. The van der Waals surface area contributed by atoms with Crippen molar-refractivity contribution in [3.05, 3.63) is 35.4 Å². The first kappa shape index (κ1) is 12.0. The lowest BCUT2D eigenvalue weighted by molar-refractivity contribution is 0.580. The highest BCUT2D eigenvalue weighted by molar-refractivity contribution is 6.30. The maximum atomic E-state index is 5.96. The Bertz CT molecular complexity index is 505. The number of nitrogens with two attached hydrogens (primary N) is 1. The SMILES string of the molecule is CCCCn1nc(-c2cccc(Cl)c2)cc1N. The quantitative estimate of drug-likeness (QED) is 0.900. The highest BCUT2D eigenvalue weighted by atomic mass is 35.5. The van der Waals surface area contributed by atoms with Gasteiger partial charge in [-0.05, 0) is 18.6 Å². The predicted octanol–water partition coefficient (Wildman–Crippen LogP) is 3.59. The first-order chi connectivity index (χ1) is 8.20. The Morgan fingerprint density at radius 3 is 2.88 bits per heavy atom. The third-order valence-corrected chi connectivity index (χ3v) is 2.89. The Labute approximate surface area is 106 Å². The molecule has 0 atom stereocenters. The average molecular weight is 250 g/mol. The van der Waals surface area contributed by atoms with Crippen LogP contribution in [-0.2, 0) is 6.54 Å². The van der Waals surface area contributed by atoms with Gasteiger partial charge >= 0.3 is 0 Å². The number of aromatic nitrogens is 2. The summed E-state index contributed by atoms with van der Waals surface area (Å²) in [5.74, 6) is 0.702. The monoisotopic (exact) mass is 249 g/mol. The smallest absolute Gasteiger partial charge is 0.122 e. The molecule has 90 valence electrons. The number of nitrogen functional groups attached to an aromatic ring is 1. The number of unbranched alkanes of at least 4 members (excludes halogenated alkanes) is 1. The standard InChI is InChI=1S/C13H16ClN3/c1-2-3-7-17-13(15)9-12(16-17)10-5-4-6-11(14)8-10/h4-6,8-9H,2-3,7,15H2,1H3. The van der Waals surface area contributed by atoms with Gasteiger partial charge in [0.05, 0.1) is 5.69 Å². The predicted molar refractivity (Wildman–Crippen MR) is 72.0 cm³/mol. The fourth-order valence-corrected chi connectivity index (χ4v) is 1.90. The van der Waals surface area contributed by atoms with Crippen LogP contribution in [0.1, 0.15) is 19.8 Å². The van der Waals surface area contributed by atoms with Gasteiger partial charge < -0.3 is 5.73 Å². The Kier molecular flexibility index (Phi) is 3.69. The van der Waals surface area contributed by atoms with E-state index >= 15 is 0 Å². The zero-order valence-corrected chi connectivity index (χ0v) is 10.6. The summed E-state index contributed by atoms with van der Waals surface area (Å²) in [6.45, 7) is 3.01. The van der Waals surface area contributed by atoms with Crippen molar-refractivity contribution in [1.82, 2.24) is 9.78 Å². The van der Waals surface area contributed by atoms with Crippen LogP contribution in [0, 0.1) is 0 Å². The molecular formula is C13H16ClN3. The summed E-state index contributed by atoms with van der Waals surface area (Å²) < 4.78 is 1.85. The number of aryl methyl sites for hydroxylation is 1. The third-order valence-electron chi connectivity index (χ3n) is 2.65. The molecule has 0 radical (unpaired) electrons. The molecule has 0 spiro atoms. The van der Waals surface area contributed by atoms with E-state index in [1.807, 2.05) is 35.0 Å². The molecule has 17 heavy (non-hydrogen) atoms. The van der Waals surface area contributed by atoms with Gasteiger partial charge in [-0.25, -0.2) is 4.68 Å². The third kappa shape index (κ3) is 2.80. The second-order valence-electron chi connectivity index (χ2n) is 4.04. The van der Waals surface area contributed by atoms with Gasteiger partial charge in [0, 0.05) is 23.2 Å². The number of nitrogens with zero attached hydrogens (tertiary/aromatic N) is 2. The van der Waals surface area contributed by atoms with Crippen LogP contribution in [0.4, 0.5) is 5.82 Å². The molecule has 2 rings (SSSR count). The first-order valence-electron chi connectivity index (χ1n) is 5.80. The van der Waals surface area contributed by atoms with E-state index in [1.165, 1.54) is 0 Å². The van der Waals surface area contributed by atoms with E-state index in [-0.39, 0.29) is 0 Å². The number of benzene rings is 1. The van der Waals surface area contributed by atoms with Crippen molar-refractivity contribution in [3.8, 4) is 11.3 Å². The molecule has 0 unspecified atom stereocenters. The van der Waals surface area contributed by atoms with Crippen LogP contribution < -0.4 is 5.73 Å². The van der Waals surface area contributed by atoms with Crippen molar-refractivity contribution in [1.29, 1.82) is 0 Å². The molecule has 0 aliphatic heterocycles. The normalized spacial score (nSPS) is 10.7. The minimum absolute atomic E-state index is 0.702. The van der Waals surface area contributed by atoms with Gasteiger partial charge in [0.25, 0.3) is 0 Å². The molecule has 1 aromatic heterocycles. The van der Waals surface area contributed by atoms with Crippen LogP contribution in [0.2, 0.25) is 5.02 Å². The van der Waals surface area contributed by atoms with Gasteiger partial charge in [-0.1, -0.05) is 37.1 Å². The highest BCUT2D eigenvalue weighted by Crippen LogP contribution is 2.23. The van der Waals surface area contributed by atoms with Gasteiger partial charge in [-0.2, -0.15) is 5.10 Å². The molecule has 2 aromatic rings. The molecule has 0 bridgehead atoms.